The highest BCUT2D eigenvalue weighted by Crippen LogP contribution is 2.66. The number of carbonyl (C=O) groups is 2. The zero-order valence-electron chi connectivity index (χ0n) is 21.3. The van der Waals surface area contributed by atoms with E-state index in [1.165, 1.54) is 12.0 Å². The van der Waals surface area contributed by atoms with Crippen LogP contribution in [0.3, 0.4) is 0 Å². The van der Waals surface area contributed by atoms with Crippen LogP contribution in [0.2, 0.25) is 0 Å². The summed E-state index contributed by atoms with van der Waals surface area (Å²) in [7, 11) is 3.36. The second-order valence-electron chi connectivity index (χ2n) is 11.8. The topological polar surface area (TPSA) is 80.3 Å². The van der Waals surface area contributed by atoms with E-state index in [0.29, 0.717) is 42.7 Å². The fraction of sp³-hybridized carbons (Fsp3) is 0.586. The zero-order chi connectivity index (χ0) is 25.1. The number of anilines is 1. The largest absolute Gasteiger partial charge is 0.493 e. The molecule has 0 aromatic heterocycles. The summed E-state index contributed by atoms with van der Waals surface area (Å²) in [5, 5.41) is 2.83. The summed E-state index contributed by atoms with van der Waals surface area (Å²) in [4.78, 5) is 28.9. The number of amides is 2. The highest BCUT2D eigenvalue weighted by Gasteiger charge is 2.71. The lowest BCUT2D eigenvalue weighted by atomic mass is 9.53. The standard InChI is InChI=1S/C23H26N2O4.C6H7NO/c1-27-16-8-14-15(9-17(16)28-2)25-20(26)10-18-21-13-7-19-23(14,22(21)25)4-5-24(19)11-12(13)3-6-29-18;8-6-4-1-2-5(3-4)7-6/h3,8-9,13,18-19,21-22H,4-7,10-11H2,1-2H3;1-2,4-5H,3H2,(H,7,8)/t13-,18-,19-,21-,22-,23+;4-,5+/m01/s1. The van der Waals surface area contributed by atoms with E-state index in [4.69, 9.17) is 14.2 Å². The fourth-order valence-corrected chi connectivity index (χ4v) is 9.16. The number of nitrogens with one attached hydrogen (secondary N) is 1. The zero-order valence-corrected chi connectivity index (χ0v) is 21.3. The maximum absolute atomic E-state index is 13.5. The predicted octanol–water partition coefficient (Wildman–Crippen LogP) is 2.17. The van der Waals surface area contributed by atoms with Crippen molar-refractivity contribution < 1.29 is 23.8 Å². The molecule has 1 aromatic carbocycles. The fourth-order valence-electron chi connectivity index (χ4n) is 9.16. The molecular weight excluding hydrogens is 470 g/mol. The van der Waals surface area contributed by atoms with Crippen LogP contribution in [-0.2, 0) is 19.7 Å². The van der Waals surface area contributed by atoms with Crippen molar-refractivity contribution in [2.24, 2.45) is 17.8 Å². The molecule has 0 unspecified atom stereocenters. The first-order chi connectivity index (χ1) is 18.0. The number of ether oxygens (including phenoxy) is 3. The summed E-state index contributed by atoms with van der Waals surface area (Å²) >= 11 is 0. The summed E-state index contributed by atoms with van der Waals surface area (Å²) in [5.41, 5.74) is 3.85. The van der Waals surface area contributed by atoms with Gasteiger partial charge in [-0.05, 0) is 43.4 Å². The minimum absolute atomic E-state index is 0.0242. The van der Waals surface area contributed by atoms with Crippen LogP contribution < -0.4 is 19.7 Å². The molecule has 1 aromatic rings. The lowest BCUT2D eigenvalue weighted by Gasteiger charge is -2.58. The molecule has 1 saturated carbocycles. The Kier molecular flexibility index (Phi) is 4.56. The number of piperidine rings is 2. The molecule has 0 radical (unpaired) electrons. The highest BCUT2D eigenvalue weighted by atomic mass is 16.5. The van der Waals surface area contributed by atoms with E-state index in [2.05, 4.69) is 33.3 Å². The quantitative estimate of drug-likeness (QED) is 0.624. The predicted molar refractivity (Wildman–Crippen MR) is 136 cm³/mol. The number of carbonyl (C=O) groups excluding carboxylic acids is 2. The Hall–Kier alpha value is -2.84. The monoisotopic (exact) mass is 503 g/mol. The Labute approximate surface area is 216 Å². The van der Waals surface area contributed by atoms with Crippen LogP contribution in [0.5, 0.6) is 11.5 Å². The summed E-state index contributed by atoms with van der Waals surface area (Å²) in [6, 6.07) is 5.24. The number of fused-ring (bicyclic) bond motifs is 4. The maximum Gasteiger partial charge on any atom is 0.229 e. The van der Waals surface area contributed by atoms with Crippen molar-refractivity contribution in [1.82, 2.24) is 10.2 Å². The number of benzene rings is 1. The molecule has 8 aliphatic rings. The molecule has 194 valence electrons. The number of hydrogen-bond acceptors (Lipinski definition) is 6. The minimum Gasteiger partial charge on any atom is -0.493 e. The third-order valence-electron chi connectivity index (χ3n) is 10.6. The molecule has 1 N–H and O–H groups in total. The van der Waals surface area contributed by atoms with E-state index >= 15 is 0 Å². The third-order valence-corrected chi connectivity index (χ3v) is 10.6. The molecule has 37 heavy (non-hydrogen) atoms. The first-order valence-electron chi connectivity index (χ1n) is 13.7. The Morgan fingerprint density at radius 2 is 1.95 bits per heavy atom. The first kappa shape index (κ1) is 22.2. The van der Waals surface area contributed by atoms with Gasteiger partial charge in [0.1, 0.15) is 0 Å². The number of nitrogens with zero attached hydrogens (tertiary/aromatic N) is 2. The molecule has 9 rings (SSSR count). The molecule has 8 heteroatoms. The van der Waals surface area contributed by atoms with Crippen molar-refractivity contribution in [2.45, 2.75) is 55.3 Å². The van der Waals surface area contributed by atoms with Gasteiger partial charge in [0.15, 0.2) is 11.5 Å². The van der Waals surface area contributed by atoms with Gasteiger partial charge in [0, 0.05) is 36.0 Å². The van der Waals surface area contributed by atoms with Gasteiger partial charge in [-0.1, -0.05) is 23.8 Å². The van der Waals surface area contributed by atoms with E-state index in [1.807, 2.05) is 12.1 Å². The van der Waals surface area contributed by atoms with Gasteiger partial charge in [0.05, 0.1) is 51.0 Å². The number of hydrogen-bond donors (Lipinski definition) is 1. The molecule has 6 heterocycles. The molecule has 2 aliphatic carbocycles. The summed E-state index contributed by atoms with van der Waals surface area (Å²) in [6.45, 7) is 2.80. The van der Waals surface area contributed by atoms with Crippen molar-refractivity contribution in [3.8, 4) is 11.5 Å². The average Bonchev–Trinajstić information content (AvgIpc) is 3.65. The Bertz CT molecular complexity index is 1270. The van der Waals surface area contributed by atoms with Crippen LogP contribution in [0.4, 0.5) is 5.69 Å². The van der Waals surface area contributed by atoms with Gasteiger partial charge in [-0.3, -0.25) is 14.5 Å². The molecule has 8 nitrogen and oxygen atoms in total. The molecule has 8 atom stereocenters. The maximum atomic E-state index is 13.5. The van der Waals surface area contributed by atoms with Crippen molar-refractivity contribution in [2.75, 3.05) is 38.8 Å². The van der Waals surface area contributed by atoms with Crippen LogP contribution >= 0.6 is 0 Å². The number of methoxy groups -OCH3 is 2. The number of rotatable bonds is 2. The molecule has 5 fully saturated rings. The lowest BCUT2D eigenvalue weighted by molar-refractivity contribution is -0.132. The van der Waals surface area contributed by atoms with Gasteiger partial charge in [0.2, 0.25) is 11.8 Å². The Morgan fingerprint density at radius 1 is 1.11 bits per heavy atom. The van der Waals surface area contributed by atoms with E-state index < -0.39 is 0 Å². The van der Waals surface area contributed by atoms with Crippen molar-refractivity contribution in [3.05, 3.63) is 41.5 Å². The van der Waals surface area contributed by atoms with Crippen LogP contribution in [0, 0.1) is 17.8 Å². The van der Waals surface area contributed by atoms with E-state index in [-0.39, 0.29) is 35.3 Å². The smallest absolute Gasteiger partial charge is 0.229 e. The third kappa shape index (κ3) is 2.75. The van der Waals surface area contributed by atoms with Gasteiger partial charge in [0.25, 0.3) is 0 Å². The Balaban J connectivity index is 0.000000229. The van der Waals surface area contributed by atoms with E-state index in [0.717, 1.165) is 37.4 Å². The SMILES string of the molecule is COc1cc2c(cc1OC)[C@@]13CCN4CC5=CCO[C@H]6CC(=O)N2[C@H]1[C@H]6[C@H]5C[C@H]43.O=C1N[C@H]2C=C[C@@H]1C2. The van der Waals surface area contributed by atoms with Crippen molar-refractivity contribution >= 4 is 17.5 Å². The Morgan fingerprint density at radius 3 is 2.65 bits per heavy atom. The van der Waals surface area contributed by atoms with Gasteiger partial charge in [-0.2, -0.15) is 0 Å². The lowest BCUT2D eigenvalue weighted by Crippen LogP contribution is -2.69. The van der Waals surface area contributed by atoms with Gasteiger partial charge >= 0.3 is 0 Å². The van der Waals surface area contributed by atoms with Crippen LogP contribution in [0.15, 0.2) is 35.9 Å². The normalized spacial score (nSPS) is 41.0. The summed E-state index contributed by atoms with van der Waals surface area (Å²) < 4.78 is 17.6. The van der Waals surface area contributed by atoms with Gasteiger partial charge in [-0.15, -0.1) is 0 Å². The second kappa shape index (κ2) is 7.60. The summed E-state index contributed by atoms with van der Waals surface area (Å²) in [5.74, 6) is 2.99. The molecule has 6 aliphatic heterocycles. The molecule has 4 saturated heterocycles. The molecular formula is C29H33N3O5. The van der Waals surface area contributed by atoms with Gasteiger partial charge in [-0.25, -0.2) is 0 Å². The average molecular weight is 504 g/mol. The van der Waals surface area contributed by atoms with Crippen molar-refractivity contribution in [3.63, 3.8) is 0 Å². The first-order valence-corrected chi connectivity index (χ1v) is 13.7. The van der Waals surface area contributed by atoms with E-state index in [1.54, 1.807) is 19.8 Å². The molecule has 2 amide bonds. The minimum atomic E-state index is -0.0242. The van der Waals surface area contributed by atoms with Gasteiger partial charge < -0.3 is 24.4 Å². The molecule has 4 bridgehead atoms. The summed E-state index contributed by atoms with van der Waals surface area (Å²) in [6.07, 6.45) is 10.2. The van der Waals surface area contributed by atoms with Crippen LogP contribution in [0.25, 0.3) is 0 Å². The van der Waals surface area contributed by atoms with Crippen LogP contribution in [-0.4, -0.2) is 74.9 Å². The van der Waals surface area contributed by atoms with Crippen molar-refractivity contribution in [1.29, 1.82) is 0 Å². The van der Waals surface area contributed by atoms with Crippen LogP contribution in [0.1, 0.15) is 31.2 Å². The molecule has 1 spiro atoms. The van der Waals surface area contributed by atoms with E-state index in [9.17, 15) is 9.59 Å². The second-order valence-corrected chi connectivity index (χ2v) is 11.8. The highest BCUT2D eigenvalue weighted by molar-refractivity contribution is 5.99.